The quantitative estimate of drug-likeness (QED) is 0.470. The zero-order valence-corrected chi connectivity index (χ0v) is 26.9. The standard InChI is InChI=1S/C35H54N2O4/c1-21(2)28-23(38)19-35(30(41)37-18-17-36(8)27(40)20-37)16-15-33(6)22(29(28)35)9-10-25-32(5)13-12-26(39)31(3,4)24(32)11-14-34(25,33)7/h21-22,24-26,39H,9-20H2,1-8H3/t22-,24?,25?,26+,32+,33-,34-,35-/m1/s1. The molecule has 5 fully saturated rings. The molecular weight excluding hydrogens is 512 g/mol. The van der Waals surface area contributed by atoms with E-state index in [0.717, 1.165) is 50.5 Å². The Balaban J connectivity index is 1.42. The Kier molecular flexibility index (Phi) is 6.56. The van der Waals surface area contributed by atoms with E-state index < -0.39 is 5.41 Å². The number of carbonyl (C=O) groups excluding carboxylic acids is 3. The minimum absolute atomic E-state index is 0.00586. The van der Waals surface area contributed by atoms with Crippen LogP contribution in [-0.2, 0) is 14.4 Å². The molecule has 41 heavy (non-hydrogen) atoms. The molecule has 1 N–H and O–H groups in total. The largest absolute Gasteiger partial charge is 0.393 e. The van der Waals surface area contributed by atoms with Gasteiger partial charge in [-0.2, -0.15) is 0 Å². The lowest BCUT2D eigenvalue weighted by Crippen LogP contribution is -2.66. The van der Waals surface area contributed by atoms with Gasteiger partial charge in [-0.1, -0.05) is 48.5 Å². The lowest BCUT2D eigenvalue weighted by molar-refractivity contribution is -0.228. The number of hydrogen-bond acceptors (Lipinski definition) is 4. The Morgan fingerprint density at radius 2 is 1.59 bits per heavy atom. The lowest BCUT2D eigenvalue weighted by atomic mass is 9.33. The predicted molar refractivity (Wildman–Crippen MR) is 160 cm³/mol. The maximum atomic E-state index is 14.6. The van der Waals surface area contributed by atoms with Gasteiger partial charge < -0.3 is 14.9 Å². The molecule has 0 aromatic carbocycles. The summed E-state index contributed by atoms with van der Waals surface area (Å²) in [5.74, 6) is 1.57. The summed E-state index contributed by atoms with van der Waals surface area (Å²) in [6, 6.07) is 0. The minimum atomic E-state index is -0.779. The summed E-state index contributed by atoms with van der Waals surface area (Å²) in [5, 5.41) is 11.0. The van der Waals surface area contributed by atoms with Gasteiger partial charge in [0, 0.05) is 26.6 Å². The highest BCUT2D eigenvalue weighted by Crippen LogP contribution is 2.76. The molecule has 1 aliphatic heterocycles. The van der Waals surface area contributed by atoms with E-state index in [2.05, 4.69) is 48.5 Å². The second-order valence-corrected chi connectivity index (χ2v) is 16.7. The van der Waals surface area contributed by atoms with Crippen molar-refractivity contribution in [3.8, 4) is 0 Å². The van der Waals surface area contributed by atoms with Crippen LogP contribution in [0.25, 0.3) is 0 Å². The lowest BCUT2D eigenvalue weighted by Gasteiger charge is -2.72. The van der Waals surface area contributed by atoms with Crippen molar-refractivity contribution in [1.82, 2.24) is 9.80 Å². The highest BCUT2D eigenvalue weighted by molar-refractivity contribution is 6.07. The monoisotopic (exact) mass is 566 g/mol. The van der Waals surface area contributed by atoms with E-state index in [-0.39, 0.29) is 70.2 Å². The van der Waals surface area contributed by atoms with E-state index in [4.69, 9.17) is 0 Å². The average molecular weight is 567 g/mol. The number of hydrogen-bond donors (Lipinski definition) is 1. The van der Waals surface area contributed by atoms with Crippen LogP contribution in [0.15, 0.2) is 11.1 Å². The number of likely N-dealkylation sites (N-methyl/N-ethyl adjacent to an activating group) is 1. The van der Waals surface area contributed by atoms with Crippen LogP contribution in [0.5, 0.6) is 0 Å². The fraction of sp³-hybridized carbons (Fsp3) is 0.857. The summed E-state index contributed by atoms with van der Waals surface area (Å²) in [6.07, 6.45) is 8.11. The first kappa shape index (κ1) is 29.4. The molecule has 8 atom stereocenters. The van der Waals surface area contributed by atoms with Gasteiger partial charge >= 0.3 is 0 Å². The Morgan fingerprint density at radius 1 is 0.878 bits per heavy atom. The van der Waals surface area contributed by atoms with Crippen molar-refractivity contribution >= 4 is 17.6 Å². The number of piperazine rings is 1. The number of Topliss-reactive ketones (excluding diaryl/α,β-unsaturated/α-hetero) is 1. The zero-order chi connectivity index (χ0) is 29.9. The molecule has 1 heterocycles. The van der Waals surface area contributed by atoms with Crippen molar-refractivity contribution in [1.29, 1.82) is 0 Å². The first-order valence-electron chi connectivity index (χ1n) is 16.5. The van der Waals surface area contributed by atoms with Crippen LogP contribution >= 0.6 is 0 Å². The highest BCUT2D eigenvalue weighted by atomic mass is 16.3. The summed E-state index contributed by atoms with van der Waals surface area (Å²) in [7, 11) is 1.80. The second-order valence-electron chi connectivity index (χ2n) is 16.7. The van der Waals surface area contributed by atoms with Gasteiger partial charge in [0.05, 0.1) is 18.1 Å². The first-order valence-corrected chi connectivity index (χ1v) is 16.5. The molecule has 0 aromatic heterocycles. The molecule has 0 aromatic rings. The van der Waals surface area contributed by atoms with Gasteiger partial charge in [0.25, 0.3) is 0 Å². The van der Waals surface area contributed by atoms with Gasteiger partial charge in [-0.05, 0) is 108 Å². The number of aliphatic hydroxyl groups is 1. The molecule has 228 valence electrons. The smallest absolute Gasteiger partial charge is 0.241 e. The molecule has 5 aliphatic carbocycles. The molecular formula is C35H54N2O4. The Morgan fingerprint density at radius 3 is 2.24 bits per heavy atom. The zero-order valence-electron chi connectivity index (χ0n) is 26.9. The number of ketones is 1. The van der Waals surface area contributed by atoms with Crippen LogP contribution in [0.4, 0.5) is 0 Å². The van der Waals surface area contributed by atoms with E-state index in [1.165, 1.54) is 5.57 Å². The molecule has 6 aliphatic rings. The highest BCUT2D eigenvalue weighted by Gasteiger charge is 2.71. The second kappa shape index (κ2) is 9.16. The predicted octanol–water partition coefficient (Wildman–Crippen LogP) is 5.63. The minimum Gasteiger partial charge on any atom is -0.393 e. The van der Waals surface area contributed by atoms with Gasteiger partial charge in [-0.3, -0.25) is 14.4 Å². The fourth-order valence-electron chi connectivity index (χ4n) is 12.1. The summed E-state index contributed by atoms with van der Waals surface area (Å²) in [5.41, 5.74) is 1.55. The van der Waals surface area contributed by atoms with Crippen LogP contribution in [0.1, 0.15) is 106 Å². The van der Waals surface area contributed by atoms with Crippen molar-refractivity contribution in [2.24, 2.45) is 50.7 Å². The van der Waals surface area contributed by atoms with E-state index in [9.17, 15) is 19.5 Å². The number of nitrogens with zero attached hydrogens (tertiary/aromatic N) is 2. The number of amides is 2. The van der Waals surface area contributed by atoms with Crippen LogP contribution in [-0.4, -0.2) is 65.3 Å². The first-order chi connectivity index (χ1) is 19.0. The van der Waals surface area contributed by atoms with Gasteiger partial charge in [-0.15, -0.1) is 0 Å². The molecule has 0 radical (unpaired) electrons. The van der Waals surface area contributed by atoms with Crippen molar-refractivity contribution in [2.45, 2.75) is 112 Å². The van der Waals surface area contributed by atoms with Gasteiger partial charge in [-0.25, -0.2) is 0 Å². The third-order valence-electron chi connectivity index (χ3n) is 14.6. The number of allylic oxidation sites excluding steroid dienone is 1. The van der Waals surface area contributed by atoms with E-state index in [1.807, 2.05) is 0 Å². The summed E-state index contributed by atoms with van der Waals surface area (Å²) in [6.45, 7) is 17.7. The normalized spacial score (nSPS) is 45.8. The van der Waals surface area contributed by atoms with Crippen molar-refractivity contribution < 1.29 is 19.5 Å². The summed E-state index contributed by atoms with van der Waals surface area (Å²) in [4.78, 5) is 44.5. The molecule has 6 heteroatoms. The number of carbonyl (C=O) groups is 3. The van der Waals surface area contributed by atoms with E-state index in [0.29, 0.717) is 31.3 Å². The molecule has 6 nitrogen and oxygen atoms in total. The molecule has 2 unspecified atom stereocenters. The Labute approximate surface area is 247 Å². The molecule has 0 bridgehead atoms. The molecule has 0 spiro atoms. The third-order valence-corrected chi connectivity index (χ3v) is 14.6. The van der Waals surface area contributed by atoms with Crippen molar-refractivity contribution in [3.05, 3.63) is 11.1 Å². The molecule has 2 amide bonds. The van der Waals surface area contributed by atoms with E-state index in [1.54, 1.807) is 16.8 Å². The number of fused-ring (bicyclic) bond motifs is 7. The number of aliphatic hydroxyl groups excluding tert-OH is 1. The molecule has 6 rings (SSSR count). The van der Waals surface area contributed by atoms with Crippen LogP contribution in [0.3, 0.4) is 0 Å². The average Bonchev–Trinajstić information content (AvgIpc) is 3.21. The topological polar surface area (TPSA) is 77.9 Å². The number of rotatable bonds is 2. The maximum Gasteiger partial charge on any atom is 0.241 e. The van der Waals surface area contributed by atoms with Gasteiger partial charge in [0.1, 0.15) is 0 Å². The SMILES string of the molecule is CC(C)C1=C2[C@H]3CCC4[C@@]5(C)CC[C@H](O)C(C)(C)C5CC[C@@]4(C)[C@]3(C)CC[C@@]2(C(=O)N2CCN(C)C(=O)C2)CC1=O. The van der Waals surface area contributed by atoms with E-state index >= 15 is 0 Å². The Bertz CT molecular complexity index is 1200. The molecule has 4 saturated carbocycles. The molecule has 1 saturated heterocycles. The summed E-state index contributed by atoms with van der Waals surface area (Å²) >= 11 is 0. The van der Waals surface area contributed by atoms with Gasteiger partial charge in [0.2, 0.25) is 11.8 Å². The van der Waals surface area contributed by atoms with Crippen molar-refractivity contribution in [3.63, 3.8) is 0 Å². The fourth-order valence-corrected chi connectivity index (χ4v) is 12.1. The van der Waals surface area contributed by atoms with Gasteiger partial charge in [0.15, 0.2) is 5.78 Å². The van der Waals surface area contributed by atoms with Crippen LogP contribution in [0.2, 0.25) is 0 Å². The van der Waals surface area contributed by atoms with Crippen LogP contribution in [0, 0.1) is 50.7 Å². The van der Waals surface area contributed by atoms with Crippen molar-refractivity contribution in [2.75, 3.05) is 26.7 Å². The summed E-state index contributed by atoms with van der Waals surface area (Å²) < 4.78 is 0. The third kappa shape index (κ3) is 3.67. The van der Waals surface area contributed by atoms with Crippen LogP contribution < -0.4 is 0 Å². The Hall–Kier alpha value is -1.69. The maximum absolute atomic E-state index is 14.6.